The minimum atomic E-state index is 0.478. The minimum Gasteiger partial charge on any atom is -0.369 e. The highest BCUT2D eigenvalue weighted by atomic mass is 35.5. The zero-order valence-electron chi connectivity index (χ0n) is 10.8. The van der Waals surface area contributed by atoms with Gasteiger partial charge in [-0.3, -0.25) is 4.57 Å². The Morgan fingerprint density at radius 3 is 2.68 bits per heavy atom. The number of nitrogen functional groups attached to an aromatic ring is 1. The largest absolute Gasteiger partial charge is 0.369 e. The van der Waals surface area contributed by atoms with Crippen molar-refractivity contribution in [2.24, 2.45) is 0 Å². The Balaban J connectivity index is 2.38. The van der Waals surface area contributed by atoms with Crippen molar-refractivity contribution < 1.29 is 0 Å². The van der Waals surface area contributed by atoms with Gasteiger partial charge < -0.3 is 5.73 Å². The summed E-state index contributed by atoms with van der Waals surface area (Å²) in [4.78, 5) is 4.40. The third kappa shape index (κ3) is 1.96. The summed E-state index contributed by atoms with van der Waals surface area (Å²) in [7, 11) is 0. The SMILES string of the molecule is Cc1ccc2nc(N)n(-c3cc(Cl)ccc3C)c2c1. The maximum atomic E-state index is 6.09. The van der Waals surface area contributed by atoms with Gasteiger partial charge >= 0.3 is 0 Å². The van der Waals surface area contributed by atoms with E-state index in [1.807, 2.05) is 41.8 Å². The standard InChI is InChI=1S/C15H14ClN3/c1-9-3-6-12-14(7-9)19(15(17)18-12)13-8-11(16)5-4-10(13)2/h3-8H,1-2H3,(H2,17,18). The summed E-state index contributed by atoms with van der Waals surface area (Å²) in [5.74, 6) is 0.478. The zero-order valence-corrected chi connectivity index (χ0v) is 11.6. The molecule has 0 saturated heterocycles. The number of anilines is 1. The summed E-state index contributed by atoms with van der Waals surface area (Å²) >= 11 is 6.09. The van der Waals surface area contributed by atoms with Crippen molar-refractivity contribution in [3.8, 4) is 5.69 Å². The van der Waals surface area contributed by atoms with Crippen LogP contribution in [-0.2, 0) is 0 Å². The number of benzene rings is 2. The number of halogens is 1. The van der Waals surface area contributed by atoms with Crippen LogP contribution in [0.25, 0.3) is 16.7 Å². The Bertz CT molecular complexity index is 774. The smallest absolute Gasteiger partial charge is 0.205 e. The van der Waals surface area contributed by atoms with E-state index in [0.717, 1.165) is 22.3 Å². The van der Waals surface area contributed by atoms with E-state index < -0.39 is 0 Å². The van der Waals surface area contributed by atoms with Crippen molar-refractivity contribution >= 4 is 28.6 Å². The van der Waals surface area contributed by atoms with Crippen molar-refractivity contribution in [1.29, 1.82) is 0 Å². The lowest BCUT2D eigenvalue weighted by atomic mass is 10.2. The van der Waals surface area contributed by atoms with E-state index in [4.69, 9.17) is 17.3 Å². The molecule has 0 amide bonds. The first-order valence-electron chi connectivity index (χ1n) is 6.07. The molecule has 3 rings (SSSR count). The molecule has 3 aromatic rings. The van der Waals surface area contributed by atoms with Gasteiger partial charge in [0.15, 0.2) is 0 Å². The number of fused-ring (bicyclic) bond motifs is 1. The molecule has 0 fully saturated rings. The minimum absolute atomic E-state index is 0.478. The molecule has 96 valence electrons. The summed E-state index contributed by atoms with van der Waals surface area (Å²) < 4.78 is 1.95. The summed E-state index contributed by atoms with van der Waals surface area (Å²) in [6, 6.07) is 11.9. The number of hydrogen-bond donors (Lipinski definition) is 1. The van der Waals surface area contributed by atoms with Gasteiger partial charge in [-0.25, -0.2) is 4.98 Å². The second-order valence-electron chi connectivity index (χ2n) is 4.73. The Labute approximate surface area is 116 Å². The van der Waals surface area contributed by atoms with Gasteiger partial charge in [0.05, 0.1) is 16.7 Å². The predicted octanol–water partition coefficient (Wildman–Crippen LogP) is 3.88. The van der Waals surface area contributed by atoms with Crippen LogP contribution >= 0.6 is 11.6 Å². The summed E-state index contributed by atoms with van der Waals surface area (Å²) in [5, 5.41) is 0.689. The summed E-state index contributed by atoms with van der Waals surface area (Å²) in [5.41, 5.74) is 11.2. The van der Waals surface area contributed by atoms with Crippen LogP contribution in [0, 0.1) is 13.8 Å². The third-order valence-corrected chi connectivity index (χ3v) is 3.48. The average molecular weight is 272 g/mol. The van der Waals surface area contributed by atoms with Crippen molar-refractivity contribution in [2.45, 2.75) is 13.8 Å². The van der Waals surface area contributed by atoms with Gasteiger partial charge in [-0.1, -0.05) is 23.7 Å². The Hall–Kier alpha value is -2.00. The molecular weight excluding hydrogens is 258 g/mol. The van der Waals surface area contributed by atoms with Crippen LogP contribution in [0.1, 0.15) is 11.1 Å². The molecule has 0 atom stereocenters. The van der Waals surface area contributed by atoms with Gasteiger partial charge in [0.2, 0.25) is 5.95 Å². The fourth-order valence-electron chi connectivity index (χ4n) is 2.28. The highest BCUT2D eigenvalue weighted by molar-refractivity contribution is 6.30. The van der Waals surface area contributed by atoms with E-state index in [9.17, 15) is 0 Å². The number of hydrogen-bond acceptors (Lipinski definition) is 2. The molecule has 4 heteroatoms. The van der Waals surface area contributed by atoms with Crippen LogP contribution in [0.3, 0.4) is 0 Å². The maximum absolute atomic E-state index is 6.09. The second-order valence-corrected chi connectivity index (χ2v) is 5.16. The van der Waals surface area contributed by atoms with Gasteiger partial charge in [0.1, 0.15) is 0 Å². The molecule has 0 aliphatic rings. The van der Waals surface area contributed by atoms with Crippen molar-refractivity contribution in [3.05, 3.63) is 52.5 Å². The lowest BCUT2D eigenvalue weighted by Gasteiger charge is -2.10. The molecule has 19 heavy (non-hydrogen) atoms. The molecule has 2 N–H and O–H groups in total. The third-order valence-electron chi connectivity index (χ3n) is 3.25. The first-order chi connectivity index (χ1) is 9.06. The fraction of sp³-hybridized carbons (Fsp3) is 0.133. The highest BCUT2D eigenvalue weighted by Gasteiger charge is 2.12. The predicted molar refractivity (Wildman–Crippen MR) is 80.0 cm³/mol. The van der Waals surface area contributed by atoms with E-state index in [1.165, 1.54) is 5.56 Å². The molecule has 1 heterocycles. The first-order valence-corrected chi connectivity index (χ1v) is 6.45. The Morgan fingerprint density at radius 1 is 1.11 bits per heavy atom. The number of aryl methyl sites for hydroxylation is 2. The quantitative estimate of drug-likeness (QED) is 0.730. The number of nitrogens with zero attached hydrogens (tertiary/aromatic N) is 2. The first kappa shape index (κ1) is 12.1. The van der Waals surface area contributed by atoms with Crippen LogP contribution in [0.4, 0.5) is 5.95 Å². The lowest BCUT2D eigenvalue weighted by molar-refractivity contribution is 1.09. The fourth-order valence-corrected chi connectivity index (χ4v) is 2.45. The normalized spacial score (nSPS) is 11.1. The number of rotatable bonds is 1. The van der Waals surface area contributed by atoms with Gasteiger partial charge in [-0.05, 0) is 49.2 Å². The van der Waals surface area contributed by atoms with Crippen LogP contribution in [0.5, 0.6) is 0 Å². The van der Waals surface area contributed by atoms with E-state index in [2.05, 4.69) is 18.0 Å². The molecule has 1 aromatic heterocycles. The maximum Gasteiger partial charge on any atom is 0.205 e. The molecule has 3 nitrogen and oxygen atoms in total. The van der Waals surface area contributed by atoms with Crippen LogP contribution < -0.4 is 5.73 Å². The second kappa shape index (κ2) is 4.28. The molecule has 0 saturated carbocycles. The summed E-state index contributed by atoms with van der Waals surface area (Å²) in [6.07, 6.45) is 0. The molecule has 0 bridgehead atoms. The zero-order chi connectivity index (χ0) is 13.6. The highest BCUT2D eigenvalue weighted by Crippen LogP contribution is 2.27. The molecule has 2 aromatic carbocycles. The van der Waals surface area contributed by atoms with Gasteiger partial charge in [0, 0.05) is 5.02 Å². The Morgan fingerprint density at radius 2 is 1.89 bits per heavy atom. The van der Waals surface area contributed by atoms with E-state index in [-0.39, 0.29) is 0 Å². The van der Waals surface area contributed by atoms with E-state index >= 15 is 0 Å². The van der Waals surface area contributed by atoms with Crippen LogP contribution in [-0.4, -0.2) is 9.55 Å². The summed E-state index contributed by atoms with van der Waals surface area (Å²) in [6.45, 7) is 4.09. The van der Waals surface area contributed by atoms with Crippen LogP contribution in [0.15, 0.2) is 36.4 Å². The van der Waals surface area contributed by atoms with Gasteiger partial charge in [0.25, 0.3) is 0 Å². The van der Waals surface area contributed by atoms with Crippen molar-refractivity contribution in [1.82, 2.24) is 9.55 Å². The number of aromatic nitrogens is 2. The molecular formula is C15H14ClN3. The number of imidazole rings is 1. The molecule has 0 radical (unpaired) electrons. The molecule has 0 spiro atoms. The van der Waals surface area contributed by atoms with Gasteiger partial charge in [-0.2, -0.15) is 0 Å². The molecule has 0 aliphatic heterocycles. The number of nitrogens with two attached hydrogens (primary N) is 1. The monoisotopic (exact) mass is 271 g/mol. The molecule has 0 unspecified atom stereocenters. The Kier molecular flexibility index (Phi) is 2.72. The van der Waals surface area contributed by atoms with E-state index in [1.54, 1.807) is 0 Å². The average Bonchev–Trinajstić information content (AvgIpc) is 2.68. The van der Waals surface area contributed by atoms with Crippen LogP contribution in [0.2, 0.25) is 5.02 Å². The van der Waals surface area contributed by atoms with Gasteiger partial charge in [-0.15, -0.1) is 0 Å². The molecule has 0 aliphatic carbocycles. The lowest BCUT2D eigenvalue weighted by Crippen LogP contribution is -2.02. The van der Waals surface area contributed by atoms with Crippen molar-refractivity contribution in [3.63, 3.8) is 0 Å². The van der Waals surface area contributed by atoms with Crippen molar-refractivity contribution in [2.75, 3.05) is 5.73 Å². The van der Waals surface area contributed by atoms with E-state index in [0.29, 0.717) is 11.0 Å². The topological polar surface area (TPSA) is 43.8 Å².